The van der Waals surface area contributed by atoms with Crippen molar-refractivity contribution in [2.24, 2.45) is 5.41 Å². The van der Waals surface area contributed by atoms with Gasteiger partial charge in [0.15, 0.2) is 0 Å². The van der Waals surface area contributed by atoms with Crippen LogP contribution >= 0.6 is 7.92 Å². The molecule has 0 atom stereocenters. The van der Waals surface area contributed by atoms with Crippen LogP contribution in [-0.2, 0) is 0 Å². The van der Waals surface area contributed by atoms with Gasteiger partial charge < -0.3 is 4.90 Å². The van der Waals surface area contributed by atoms with E-state index in [2.05, 4.69) is 93.6 Å². The van der Waals surface area contributed by atoms with Crippen molar-refractivity contribution in [2.75, 3.05) is 41.1 Å². The third kappa shape index (κ3) is 5950. The molecule has 0 bridgehead atoms. The quantitative estimate of drug-likeness (QED) is 0.245. The van der Waals surface area contributed by atoms with Gasteiger partial charge in [0.05, 0.1) is 0 Å². The van der Waals surface area contributed by atoms with Crippen LogP contribution in [0.2, 0.25) is 45.9 Å². The topological polar surface area (TPSA) is 3.24 Å². The average molecular weight is 490 g/mol. The molecule has 0 heterocycles. The fourth-order valence-electron chi connectivity index (χ4n) is 0. The van der Waals surface area contributed by atoms with Gasteiger partial charge >= 0.3 is 38.1 Å². The van der Waals surface area contributed by atoms with Crippen molar-refractivity contribution in [3.05, 3.63) is 0 Å². The molecule has 0 aromatic heterocycles. The summed E-state index contributed by atoms with van der Waals surface area (Å²) in [5.41, 5.74) is 0.500. The fraction of sp³-hybridized carbons (Fsp3) is 1.00. The standard InChI is InChI=1S/C5H12.C4H12Si.C3H9N.C3H9P.CH4.4CH3.Sn/c2*1-5(2,3)4;2*1-4(2)3;;;;;;/h2*1-4H3;2*1-3H3;1H4;4*1H3;. The number of rotatable bonds is 0. The summed E-state index contributed by atoms with van der Waals surface area (Å²) in [5, 5.41) is 0. The Kier molecular flexibility index (Phi) is 34.7. The van der Waals surface area contributed by atoms with Crippen LogP contribution in [0.3, 0.4) is 0 Å². The molecule has 0 aromatic rings. The van der Waals surface area contributed by atoms with Crippen LogP contribution in [0, 0.1) is 5.41 Å². The molecule has 0 aliphatic carbocycles. The SMILES string of the molecule is C.CC(C)(C)C.CN(C)C.CP(C)C.C[Si](C)(C)C.[CH3][Sn]([CH3])([CH3])[CH3]. The van der Waals surface area contributed by atoms with E-state index in [4.69, 9.17) is 0 Å². The summed E-state index contributed by atoms with van der Waals surface area (Å²) in [6.45, 7) is 24.8. The van der Waals surface area contributed by atoms with Crippen molar-refractivity contribution >= 4 is 34.4 Å². The van der Waals surface area contributed by atoms with Crippen molar-refractivity contribution in [1.29, 1.82) is 0 Å². The van der Waals surface area contributed by atoms with Crippen molar-refractivity contribution in [3.63, 3.8) is 0 Å². The Balaban J connectivity index is -0.0000000419. The number of hydrogen-bond donors (Lipinski definition) is 0. The van der Waals surface area contributed by atoms with Gasteiger partial charge in [0, 0.05) is 8.07 Å². The maximum absolute atomic E-state index is 2.40. The van der Waals surface area contributed by atoms with Gasteiger partial charge in [-0.05, 0) is 46.6 Å². The van der Waals surface area contributed by atoms with Gasteiger partial charge in [0.1, 0.15) is 0 Å². The summed E-state index contributed by atoms with van der Waals surface area (Å²) in [6.07, 6.45) is 0. The van der Waals surface area contributed by atoms with Gasteiger partial charge in [0.25, 0.3) is 0 Å². The summed E-state index contributed by atoms with van der Waals surface area (Å²) in [4.78, 5) is 11.6. The zero-order chi connectivity index (χ0) is 20.7. The normalized spacial score (nSPS) is 10.5. The maximum atomic E-state index is 2.40. The molecule has 0 aromatic carbocycles. The zero-order valence-corrected chi connectivity index (χ0v) is 25.1. The van der Waals surface area contributed by atoms with Gasteiger partial charge in [-0.15, -0.1) is 7.92 Å². The predicted octanol–water partition coefficient (Wildman–Crippen LogP) is 8.13. The zero-order valence-electron chi connectivity index (χ0n) is 20.4. The number of hydrogen-bond acceptors (Lipinski definition) is 1. The Morgan fingerprint density at radius 3 is 0.708 bits per heavy atom. The summed E-state index contributed by atoms with van der Waals surface area (Å²) >= 11 is -1.18. The molecule has 0 aliphatic rings. The average Bonchev–Trinajstić information content (AvgIpc) is 1.85. The molecule has 4 heteroatoms. The Bertz CT molecular complexity index is 153. The van der Waals surface area contributed by atoms with Crippen molar-refractivity contribution in [2.45, 2.75) is 81.1 Å². The molecule has 0 unspecified atom stereocenters. The van der Waals surface area contributed by atoms with Crippen LogP contribution in [0.4, 0.5) is 0 Å². The van der Waals surface area contributed by atoms with E-state index in [0.717, 1.165) is 0 Å². The molecule has 0 radical (unpaired) electrons. The third-order valence-electron chi connectivity index (χ3n) is 0. The first-order valence-electron chi connectivity index (χ1n) is 8.68. The molecule has 0 fully saturated rings. The summed E-state index contributed by atoms with van der Waals surface area (Å²) in [6, 6.07) is 0. The second-order valence-electron chi connectivity index (χ2n) is 11.7. The Morgan fingerprint density at radius 2 is 0.708 bits per heavy atom. The van der Waals surface area contributed by atoms with Crippen LogP contribution in [0.15, 0.2) is 0 Å². The van der Waals surface area contributed by atoms with Crippen LogP contribution in [0.5, 0.6) is 0 Å². The van der Waals surface area contributed by atoms with E-state index >= 15 is 0 Å². The van der Waals surface area contributed by atoms with Gasteiger partial charge in [-0.3, -0.25) is 0 Å². The molecule has 0 aliphatic heterocycles. The van der Waals surface area contributed by atoms with Gasteiger partial charge in [-0.1, -0.05) is 61.3 Å². The molecule has 0 saturated carbocycles. The minimum absolute atomic E-state index is 0. The molecular formula is C20H58NPSiSn. The number of nitrogens with zero attached hydrogens (tertiary/aromatic N) is 1. The second kappa shape index (κ2) is 20.7. The van der Waals surface area contributed by atoms with E-state index in [1.54, 1.807) is 0 Å². The second-order valence-corrected chi connectivity index (χ2v) is 37.5. The molecule has 0 spiro atoms. The molecule has 0 saturated heterocycles. The van der Waals surface area contributed by atoms with Gasteiger partial charge in [-0.2, -0.15) is 0 Å². The summed E-state index contributed by atoms with van der Waals surface area (Å²) in [5.74, 6) is 0. The van der Waals surface area contributed by atoms with E-state index < -0.39 is 26.5 Å². The Hall–Kier alpha value is 1.41. The van der Waals surface area contributed by atoms with Crippen LogP contribution in [0.1, 0.15) is 35.1 Å². The first-order valence-corrected chi connectivity index (χ1v) is 26.8. The fourth-order valence-corrected chi connectivity index (χ4v) is 0. The monoisotopic (exact) mass is 491 g/mol. The van der Waals surface area contributed by atoms with E-state index in [-0.39, 0.29) is 7.43 Å². The summed E-state index contributed by atoms with van der Waals surface area (Å²) < 4.78 is 0. The van der Waals surface area contributed by atoms with Crippen LogP contribution in [0.25, 0.3) is 0 Å². The van der Waals surface area contributed by atoms with Crippen LogP contribution in [-0.4, -0.2) is 72.5 Å². The molecule has 0 N–H and O–H groups in total. The molecule has 1 nitrogen and oxygen atoms in total. The predicted molar refractivity (Wildman–Crippen MR) is 135 cm³/mol. The Morgan fingerprint density at radius 1 is 0.708 bits per heavy atom. The molecule has 0 amide bonds. The van der Waals surface area contributed by atoms with E-state index in [1.807, 2.05) is 26.0 Å². The van der Waals surface area contributed by atoms with Gasteiger partial charge in [0.2, 0.25) is 0 Å². The Labute approximate surface area is 166 Å². The molecule has 24 heavy (non-hydrogen) atoms. The van der Waals surface area contributed by atoms with Crippen LogP contribution < -0.4 is 0 Å². The first-order chi connectivity index (χ1) is 9.46. The van der Waals surface area contributed by atoms with E-state index in [0.29, 0.717) is 13.3 Å². The molecular weight excluding hydrogens is 432 g/mol. The van der Waals surface area contributed by atoms with Crippen molar-refractivity contribution < 1.29 is 0 Å². The molecule has 0 rings (SSSR count). The molecule has 156 valence electrons. The first kappa shape index (κ1) is 40.2. The summed E-state index contributed by atoms with van der Waals surface area (Å²) in [7, 11) is 5.77. The van der Waals surface area contributed by atoms with Gasteiger partial charge in [-0.25, -0.2) is 0 Å². The van der Waals surface area contributed by atoms with E-state index in [1.165, 1.54) is 0 Å². The third-order valence-corrected chi connectivity index (χ3v) is 0. The van der Waals surface area contributed by atoms with E-state index in [9.17, 15) is 0 Å². The minimum atomic E-state index is -1.18. The van der Waals surface area contributed by atoms with Crippen molar-refractivity contribution in [3.8, 4) is 0 Å². The van der Waals surface area contributed by atoms with Crippen molar-refractivity contribution in [1.82, 2.24) is 4.90 Å².